The Hall–Kier alpha value is -1.32. The molecule has 122 valence electrons. The van der Waals surface area contributed by atoms with Crippen LogP contribution in [0.3, 0.4) is 0 Å². The molecular formula is C17H30O4. The van der Waals surface area contributed by atoms with Crippen molar-refractivity contribution in [1.29, 1.82) is 0 Å². The molecule has 0 unspecified atom stereocenters. The number of carbonyl (C=O) groups is 2. The average Bonchev–Trinajstić information content (AvgIpc) is 2.43. The first kappa shape index (κ1) is 19.7. The van der Waals surface area contributed by atoms with Gasteiger partial charge in [-0.1, -0.05) is 64.7 Å². The molecule has 0 radical (unpaired) electrons. The van der Waals surface area contributed by atoms with Gasteiger partial charge in [-0.3, -0.25) is 0 Å². The fourth-order valence-electron chi connectivity index (χ4n) is 2.11. The van der Waals surface area contributed by atoms with Gasteiger partial charge in [0.2, 0.25) is 0 Å². The summed E-state index contributed by atoms with van der Waals surface area (Å²) >= 11 is 0. The lowest BCUT2D eigenvalue weighted by atomic mass is 10.1. The second kappa shape index (κ2) is 13.7. The molecule has 4 nitrogen and oxygen atoms in total. The molecule has 0 spiro atoms. The van der Waals surface area contributed by atoms with Crippen molar-refractivity contribution in [3.63, 3.8) is 0 Å². The molecule has 0 aliphatic rings. The standard InChI is InChI=1S/C17H30O4/c1-3-4-5-6-7-8-9-10-11-12-13-21-17(20)15(2)14-16(18)19/h14H,3-13H2,1-2H3,(H,18,19). The quantitative estimate of drug-likeness (QED) is 0.309. The fourth-order valence-corrected chi connectivity index (χ4v) is 2.11. The number of ether oxygens (including phenoxy) is 1. The van der Waals surface area contributed by atoms with E-state index in [0.29, 0.717) is 6.61 Å². The largest absolute Gasteiger partial charge is 0.478 e. The summed E-state index contributed by atoms with van der Waals surface area (Å²) in [5.74, 6) is -1.66. The third-order valence-electron chi connectivity index (χ3n) is 3.39. The summed E-state index contributed by atoms with van der Waals surface area (Å²) < 4.78 is 5.01. The van der Waals surface area contributed by atoms with Crippen LogP contribution in [-0.2, 0) is 14.3 Å². The molecular weight excluding hydrogens is 268 g/mol. The minimum atomic E-state index is -1.12. The molecule has 0 amide bonds. The van der Waals surface area contributed by atoms with E-state index >= 15 is 0 Å². The molecule has 0 fully saturated rings. The van der Waals surface area contributed by atoms with Gasteiger partial charge in [0.1, 0.15) is 0 Å². The molecule has 0 rings (SSSR count). The third-order valence-corrected chi connectivity index (χ3v) is 3.39. The van der Waals surface area contributed by atoms with Gasteiger partial charge < -0.3 is 9.84 Å². The lowest BCUT2D eigenvalue weighted by Crippen LogP contribution is -2.08. The second-order valence-electron chi connectivity index (χ2n) is 5.48. The molecule has 0 aliphatic carbocycles. The zero-order valence-corrected chi connectivity index (χ0v) is 13.5. The van der Waals surface area contributed by atoms with E-state index in [2.05, 4.69) is 6.92 Å². The van der Waals surface area contributed by atoms with E-state index < -0.39 is 11.9 Å². The number of carbonyl (C=O) groups excluding carboxylic acids is 1. The maximum absolute atomic E-state index is 11.4. The Morgan fingerprint density at radius 3 is 1.86 bits per heavy atom. The van der Waals surface area contributed by atoms with Crippen molar-refractivity contribution in [2.24, 2.45) is 0 Å². The summed E-state index contributed by atoms with van der Waals surface area (Å²) in [6.07, 6.45) is 13.2. The molecule has 0 aliphatic heterocycles. The van der Waals surface area contributed by atoms with Gasteiger partial charge in [-0.25, -0.2) is 9.59 Å². The van der Waals surface area contributed by atoms with Gasteiger partial charge >= 0.3 is 11.9 Å². The molecule has 0 saturated carbocycles. The number of unbranched alkanes of at least 4 members (excludes halogenated alkanes) is 9. The van der Waals surface area contributed by atoms with E-state index in [0.717, 1.165) is 18.9 Å². The highest BCUT2D eigenvalue weighted by Crippen LogP contribution is 2.10. The van der Waals surface area contributed by atoms with E-state index in [1.54, 1.807) is 0 Å². The van der Waals surface area contributed by atoms with Crippen LogP contribution < -0.4 is 0 Å². The van der Waals surface area contributed by atoms with Crippen molar-refractivity contribution in [2.75, 3.05) is 6.61 Å². The molecule has 0 saturated heterocycles. The Labute approximate surface area is 128 Å². The molecule has 0 aromatic carbocycles. The van der Waals surface area contributed by atoms with Crippen LogP contribution in [0, 0.1) is 0 Å². The fraction of sp³-hybridized carbons (Fsp3) is 0.765. The van der Waals surface area contributed by atoms with Crippen LogP contribution in [0.4, 0.5) is 0 Å². The number of carboxylic acid groups (broad SMARTS) is 1. The van der Waals surface area contributed by atoms with E-state index in [1.807, 2.05) is 0 Å². The van der Waals surface area contributed by atoms with Gasteiger partial charge in [-0.2, -0.15) is 0 Å². The van der Waals surface area contributed by atoms with Gasteiger partial charge in [0, 0.05) is 11.6 Å². The van der Waals surface area contributed by atoms with E-state index in [-0.39, 0.29) is 5.57 Å². The highest BCUT2D eigenvalue weighted by molar-refractivity contribution is 5.95. The number of aliphatic carboxylic acids is 1. The molecule has 21 heavy (non-hydrogen) atoms. The maximum atomic E-state index is 11.4. The monoisotopic (exact) mass is 298 g/mol. The first-order chi connectivity index (χ1) is 10.1. The van der Waals surface area contributed by atoms with Crippen molar-refractivity contribution in [3.8, 4) is 0 Å². The lowest BCUT2D eigenvalue weighted by Gasteiger charge is -2.05. The Morgan fingerprint density at radius 2 is 1.38 bits per heavy atom. The van der Waals surface area contributed by atoms with E-state index in [1.165, 1.54) is 58.3 Å². The van der Waals surface area contributed by atoms with E-state index in [9.17, 15) is 9.59 Å². The molecule has 1 N–H and O–H groups in total. The van der Waals surface area contributed by atoms with Gasteiger partial charge in [0.15, 0.2) is 0 Å². The van der Waals surface area contributed by atoms with Crippen molar-refractivity contribution >= 4 is 11.9 Å². The van der Waals surface area contributed by atoms with Crippen LogP contribution in [0.5, 0.6) is 0 Å². The Balaban J connectivity index is 3.36. The lowest BCUT2D eigenvalue weighted by molar-refractivity contribution is -0.140. The normalized spacial score (nSPS) is 11.4. The van der Waals surface area contributed by atoms with Crippen LogP contribution >= 0.6 is 0 Å². The van der Waals surface area contributed by atoms with Crippen molar-refractivity contribution in [3.05, 3.63) is 11.6 Å². The first-order valence-corrected chi connectivity index (χ1v) is 8.16. The third kappa shape index (κ3) is 13.4. The summed E-state index contributed by atoms with van der Waals surface area (Å²) in [6.45, 7) is 4.06. The number of rotatable bonds is 13. The first-order valence-electron chi connectivity index (χ1n) is 8.16. The smallest absolute Gasteiger partial charge is 0.333 e. The van der Waals surface area contributed by atoms with Gasteiger partial charge in [0.05, 0.1) is 6.61 Å². The number of hydrogen-bond donors (Lipinski definition) is 1. The molecule has 0 atom stereocenters. The summed E-state index contributed by atoms with van der Waals surface area (Å²) in [4.78, 5) is 21.8. The molecule has 0 aromatic rings. The van der Waals surface area contributed by atoms with Gasteiger partial charge in [-0.05, 0) is 13.3 Å². The van der Waals surface area contributed by atoms with Gasteiger partial charge in [0.25, 0.3) is 0 Å². The van der Waals surface area contributed by atoms with E-state index in [4.69, 9.17) is 9.84 Å². The average molecular weight is 298 g/mol. The van der Waals surface area contributed by atoms with Crippen LogP contribution in [0.25, 0.3) is 0 Å². The minimum Gasteiger partial charge on any atom is -0.478 e. The Bertz CT molecular complexity index is 321. The second-order valence-corrected chi connectivity index (χ2v) is 5.48. The predicted molar refractivity (Wildman–Crippen MR) is 84.2 cm³/mol. The van der Waals surface area contributed by atoms with Crippen LogP contribution in [0.1, 0.15) is 78.1 Å². The summed E-state index contributed by atoms with van der Waals surface area (Å²) in [5.41, 5.74) is 0.134. The highest BCUT2D eigenvalue weighted by atomic mass is 16.5. The number of hydrogen-bond acceptors (Lipinski definition) is 3. The number of carboxylic acids is 1. The van der Waals surface area contributed by atoms with Gasteiger partial charge in [-0.15, -0.1) is 0 Å². The Morgan fingerprint density at radius 1 is 0.905 bits per heavy atom. The van der Waals surface area contributed by atoms with Crippen molar-refractivity contribution in [1.82, 2.24) is 0 Å². The Kier molecular flexibility index (Phi) is 12.8. The van der Waals surface area contributed by atoms with Crippen molar-refractivity contribution < 1.29 is 19.4 Å². The van der Waals surface area contributed by atoms with Crippen LogP contribution in [-0.4, -0.2) is 23.7 Å². The van der Waals surface area contributed by atoms with Crippen LogP contribution in [0.15, 0.2) is 11.6 Å². The highest BCUT2D eigenvalue weighted by Gasteiger charge is 2.06. The molecule has 0 aromatic heterocycles. The molecule has 0 bridgehead atoms. The van der Waals surface area contributed by atoms with Crippen molar-refractivity contribution in [2.45, 2.75) is 78.1 Å². The minimum absolute atomic E-state index is 0.134. The summed E-state index contributed by atoms with van der Waals surface area (Å²) in [7, 11) is 0. The number of esters is 1. The zero-order chi connectivity index (χ0) is 15.9. The van der Waals surface area contributed by atoms with Crippen LogP contribution in [0.2, 0.25) is 0 Å². The molecule has 0 heterocycles. The predicted octanol–water partition coefficient (Wildman–Crippen LogP) is 4.48. The SMILES string of the molecule is CCCCCCCCCCCCOC(=O)C(C)=CC(=O)O. The summed E-state index contributed by atoms with van der Waals surface area (Å²) in [5, 5.41) is 8.51. The summed E-state index contributed by atoms with van der Waals surface area (Å²) in [6, 6.07) is 0. The topological polar surface area (TPSA) is 63.6 Å². The maximum Gasteiger partial charge on any atom is 0.333 e. The molecule has 4 heteroatoms. The zero-order valence-electron chi connectivity index (χ0n) is 13.5.